The average molecular weight is 495 g/mol. The molecule has 1 aromatic heterocycles. The topological polar surface area (TPSA) is 80.5 Å². The van der Waals surface area contributed by atoms with E-state index >= 15 is 0 Å². The molecule has 37 heavy (non-hydrogen) atoms. The first-order valence-electron chi connectivity index (χ1n) is 12.2. The van der Waals surface area contributed by atoms with Gasteiger partial charge in [-0.25, -0.2) is 4.79 Å². The summed E-state index contributed by atoms with van der Waals surface area (Å²) >= 11 is 0. The highest BCUT2D eigenvalue weighted by molar-refractivity contribution is 6.01. The van der Waals surface area contributed by atoms with Crippen LogP contribution in [0.1, 0.15) is 46.7 Å². The van der Waals surface area contributed by atoms with Crippen molar-refractivity contribution in [1.29, 1.82) is 0 Å². The summed E-state index contributed by atoms with van der Waals surface area (Å²) in [5.74, 6) is 1.51. The fourth-order valence-electron chi connectivity index (χ4n) is 4.82. The van der Waals surface area contributed by atoms with E-state index < -0.39 is 6.04 Å². The molecule has 188 valence electrons. The summed E-state index contributed by atoms with van der Waals surface area (Å²) in [6.45, 7) is 10.1. The first-order chi connectivity index (χ1) is 17.7. The zero-order chi connectivity index (χ0) is 26.3. The molecule has 3 aromatic carbocycles. The lowest BCUT2D eigenvalue weighted by Gasteiger charge is -2.35. The molecule has 5 rings (SSSR count). The maximum atomic E-state index is 13.5. The number of methoxy groups -OCH3 is 1. The van der Waals surface area contributed by atoms with Crippen LogP contribution in [0.5, 0.6) is 5.75 Å². The first kappa shape index (κ1) is 24.3. The van der Waals surface area contributed by atoms with Crippen molar-refractivity contribution in [3.05, 3.63) is 100 Å². The Hall–Kier alpha value is -4.39. The van der Waals surface area contributed by atoms with Gasteiger partial charge in [-0.05, 0) is 86.7 Å². The highest BCUT2D eigenvalue weighted by Crippen LogP contribution is 2.40. The Labute approximate surface area is 216 Å². The number of amides is 2. The molecule has 1 unspecified atom stereocenters. The second kappa shape index (κ2) is 9.58. The summed E-state index contributed by atoms with van der Waals surface area (Å²) in [5, 5.41) is 7.46. The van der Waals surface area contributed by atoms with Gasteiger partial charge < -0.3 is 14.6 Å². The van der Waals surface area contributed by atoms with E-state index in [1.807, 2.05) is 63.2 Å². The molecule has 0 saturated heterocycles. The van der Waals surface area contributed by atoms with Crippen molar-refractivity contribution < 1.29 is 14.1 Å². The predicted octanol–water partition coefficient (Wildman–Crippen LogP) is 6.68. The quantitative estimate of drug-likeness (QED) is 0.335. The summed E-state index contributed by atoms with van der Waals surface area (Å²) < 4.78 is 11.2. The minimum Gasteiger partial charge on any atom is -0.497 e. The maximum Gasteiger partial charge on any atom is 0.326 e. The Balaban J connectivity index is 1.68. The van der Waals surface area contributed by atoms with E-state index in [9.17, 15) is 4.79 Å². The molecule has 2 heterocycles. The van der Waals surface area contributed by atoms with Gasteiger partial charge in [-0.1, -0.05) is 41.6 Å². The fraction of sp³-hybridized carbons (Fsp3) is 0.233. The van der Waals surface area contributed by atoms with E-state index in [1.165, 1.54) is 5.56 Å². The Kier molecular flexibility index (Phi) is 6.29. The van der Waals surface area contributed by atoms with Crippen molar-refractivity contribution in [2.45, 2.75) is 40.7 Å². The van der Waals surface area contributed by atoms with Crippen LogP contribution in [0.25, 0.3) is 17.0 Å². The molecule has 7 heteroatoms. The van der Waals surface area contributed by atoms with Crippen molar-refractivity contribution in [2.24, 2.45) is 0 Å². The normalized spacial score (nSPS) is 15.7. The number of rotatable bonds is 5. The Morgan fingerprint density at radius 2 is 1.68 bits per heavy atom. The summed E-state index contributed by atoms with van der Waals surface area (Å²) in [6.07, 6.45) is 0. The first-order valence-corrected chi connectivity index (χ1v) is 12.2. The number of carbonyl (C=O) groups excluding carboxylic acids is 1. The lowest BCUT2D eigenvalue weighted by atomic mass is 9.92. The summed E-state index contributed by atoms with van der Waals surface area (Å²) in [5.41, 5.74) is 8.48. The molecule has 0 aliphatic carbocycles. The third-order valence-corrected chi connectivity index (χ3v) is 6.80. The number of aromatic nitrogens is 2. The van der Waals surface area contributed by atoms with Crippen molar-refractivity contribution in [3.63, 3.8) is 0 Å². The van der Waals surface area contributed by atoms with E-state index in [0.29, 0.717) is 17.5 Å². The molecule has 0 fully saturated rings. The predicted molar refractivity (Wildman–Crippen MR) is 144 cm³/mol. The van der Waals surface area contributed by atoms with Gasteiger partial charge in [0.2, 0.25) is 5.82 Å². The summed E-state index contributed by atoms with van der Waals surface area (Å²) in [6, 6.07) is 19.1. The number of urea groups is 1. The van der Waals surface area contributed by atoms with Crippen molar-refractivity contribution >= 4 is 17.3 Å². The van der Waals surface area contributed by atoms with Crippen LogP contribution in [0.15, 0.2) is 70.9 Å². The number of anilines is 1. The van der Waals surface area contributed by atoms with Gasteiger partial charge in [-0.3, -0.25) is 4.90 Å². The van der Waals surface area contributed by atoms with E-state index in [2.05, 4.69) is 42.5 Å². The molecule has 1 atom stereocenters. The molecular formula is C30H30N4O3. The highest BCUT2D eigenvalue weighted by atomic mass is 16.5. The Bertz CT molecular complexity index is 1520. The number of hydrogen-bond donors (Lipinski definition) is 1. The van der Waals surface area contributed by atoms with Crippen LogP contribution >= 0.6 is 0 Å². The average Bonchev–Trinajstić information content (AvgIpc) is 3.34. The number of carbonyl (C=O) groups is 1. The number of benzene rings is 3. The second-order valence-corrected chi connectivity index (χ2v) is 9.56. The third kappa shape index (κ3) is 4.60. The van der Waals surface area contributed by atoms with Gasteiger partial charge in [0.25, 0.3) is 5.89 Å². The molecule has 1 aliphatic heterocycles. The summed E-state index contributed by atoms with van der Waals surface area (Å²) in [7, 11) is 1.62. The number of nitrogens with one attached hydrogen (secondary N) is 1. The van der Waals surface area contributed by atoms with Gasteiger partial charge in [-0.2, -0.15) is 4.98 Å². The molecule has 7 nitrogen and oxygen atoms in total. The van der Waals surface area contributed by atoms with Crippen LogP contribution in [0.2, 0.25) is 0 Å². The Morgan fingerprint density at radius 1 is 0.919 bits per heavy atom. The van der Waals surface area contributed by atoms with Crippen molar-refractivity contribution in [1.82, 2.24) is 15.5 Å². The van der Waals surface area contributed by atoms with Gasteiger partial charge in [0.15, 0.2) is 0 Å². The zero-order valence-corrected chi connectivity index (χ0v) is 21.9. The van der Waals surface area contributed by atoms with E-state index in [-0.39, 0.29) is 6.03 Å². The number of ether oxygens (including phenoxy) is 1. The van der Waals surface area contributed by atoms with Gasteiger partial charge in [0, 0.05) is 11.3 Å². The lowest BCUT2D eigenvalue weighted by molar-refractivity contribution is 0.244. The van der Waals surface area contributed by atoms with Crippen LogP contribution in [-0.4, -0.2) is 23.3 Å². The van der Waals surface area contributed by atoms with E-state index in [0.717, 1.165) is 44.8 Å². The monoisotopic (exact) mass is 494 g/mol. The zero-order valence-electron chi connectivity index (χ0n) is 21.9. The van der Waals surface area contributed by atoms with E-state index in [4.69, 9.17) is 14.2 Å². The van der Waals surface area contributed by atoms with Crippen LogP contribution in [0.4, 0.5) is 10.5 Å². The molecule has 4 aromatic rings. The Morgan fingerprint density at radius 3 is 2.38 bits per heavy atom. The number of nitrogens with zero attached hydrogens (tertiary/aromatic N) is 3. The van der Waals surface area contributed by atoms with Crippen molar-refractivity contribution in [2.75, 3.05) is 12.0 Å². The third-order valence-electron chi connectivity index (χ3n) is 6.80. The maximum absolute atomic E-state index is 13.5. The number of aryl methyl sites for hydroxylation is 4. The number of hydrogen-bond acceptors (Lipinski definition) is 5. The summed E-state index contributed by atoms with van der Waals surface area (Å²) in [4.78, 5) is 20.0. The number of allylic oxidation sites excluding steroid dienone is 1. The van der Waals surface area contributed by atoms with Gasteiger partial charge in [0.1, 0.15) is 5.75 Å². The molecule has 1 aliphatic rings. The van der Waals surface area contributed by atoms with Crippen molar-refractivity contribution in [3.8, 4) is 17.1 Å². The van der Waals surface area contributed by atoms with Crippen LogP contribution in [0.3, 0.4) is 0 Å². The SMILES string of the molecule is COc1cccc(-c2noc(C3=C(C)N(c4cc(C)cc(C)c4)C(=O)NC3c3ccc(C)c(C)c3)n2)c1. The van der Waals surface area contributed by atoms with Crippen LogP contribution in [0, 0.1) is 27.7 Å². The molecule has 2 amide bonds. The molecule has 0 bridgehead atoms. The smallest absolute Gasteiger partial charge is 0.326 e. The standard InChI is InChI=1S/C30H30N4O3/c1-17-12-18(2)14-24(13-17)34-21(5)26(27(31-30(34)35)22-11-10-19(3)20(4)15-22)29-32-28(33-37-29)23-8-7-9-25(16-23)36-6/h7-16,27H,1-6H3,(H,31,35). The second-order valence-electron chi connectivity index (χ2n) is 9.56. The van der Waals surface area contributed by atoms with Gasteiger partial charge in [-0.15, -0.1) is 0 Å². The van der Waals surface area contributed by atoms with E-state index in [1.54, 1.807) is 12.0 Å². The van der Waals surface area contributed by atoms with Gasteiger partial charge >= 0.3 is 6.03 Å². The van der Waals surface area contributed by atoms with Crippen LogP contribution in [-0.2, 0) is 0 Å². The minimum absolute atomic E-state index is 0.206. The molecule has 1 N–H and O–H groups in total. The fourth-order valence-corrected chi connectivity index (χ4v) is 4.82. The minimum atomic E-state index is -0.451. The van der Waals surface area contributed by atoms with Gasteiger partial charge in [0.05, 0.1) is 24.4 Å². The molecule has 0 radical (unpaired) electrons. The molecule has 0 saturated carbocycles. The lowest BCUT2D eigenvalue weighted by Crippen LogP contribution is -2.46. The van der Waals surface area contributed by atoms with Crippen LogP contribution < -0.4 is 15.0 Å². The largest absolute Gasteiger partial charge is 0.497 e. The highest BCUT2D eigenvalue weighted by Gasteiger charge is 2.36. The molecule has 0 spiro atoms. The molecular weight excluding hydrogens is 464 g/mol.